The van der Waals surface area contributed by atoms with Crippen molar-refractivity contribution in [1.29, 1.82) is 0 Å². The number of hydrogen-bond acceptors (Lipinski definition) is 8. The summed E-state index contributed by atoms with van der Waals surface area (Å²) < 4.78 is 27.9. The predicted molar refractivity (Wildman–Crippen MR) is 166 cm³/mol. The number of esters is 1. The van der Waals surface area contributed by atoms with Crippen LogP contribution < -0.4 is 0 Å². The van der Waals surface area contributed by atoms with Gasteiger partial charge in [-0.15, -0.1) is 0 Å². The Morgan fingerprint density at radius 2 is 1.22 bits per heavy atom. The van der Waals surface area contributed by atoms with Gasteiger partial charge >= 0.3 is 12.1 Å². The van der Waals surface area contributed by atoms with E-state index in [1.54, 1.807) is 0 Å². The first kappa shape index (κ1) is 39.6. The molecule has 0 amide bonds. The number of hydrogen-bond donors (Lipinski definition) is 0. The van der Waals surface area contributed by atoms with Crippen molar-refractivity contribution in [3.8, 4) is 0 Å². The fraction of sp³-hybridized carbons (Fsp3) is 0.909. The van der Waals surface area contributed by atoms with Gasteiger partial charge in [-0.05, 0) is 45.7 Å². The highest BCUT2D eigenvalue weighted by Gasteiger charge is 2.17. The van der Waals surface area contributed by atoms with Crippen LogP contribution in [0.1, 0.15) is 137 Å². The van der Waals surface area contributed by atoms with Gasteiger partial charge in [-0.2, -0.15) is 0 Å². The number of carbonyl (C=O) groups excluding carboxylic acids is 2. The zero-order valence-corrected chi connectivity index (χ0v) is 27.1. The lowest BCUT2D eigenvalue weighted by Crippen LogP contribution is -2.26. The summed E-state index contributed by atoms with van der Waals surface area (Å²) in [6.07, 6.45) is 15.1. The van der Waals surface area contributed by atoms with E-state index in [-0.39, 0.29) is 25.3 Å². The number of carbonyl (C=O) groups is 2. The molecule has 8 nitrogen and oxygen atoms in total. The summed E-state index contributed by atoms with van der Waals surface area (Å²) in [6, 6.07) is 0. The van der Waals surface area contributed by atoms with Gasteiger partial charge in [-0.25, -0.2) is 4.79 Å². The van der Waals surface area contributed by atoms with Crippen molar-refractivity contribution in [2.75, 3.05) is 46.1 Å². The maximum absolute atomic E-state index is 12.4. The van der Waals surface area contributed by atoms with Crippen LogP contribution in [0.3, 0.4) is 0 Å². The highest BCUT2D eigenvalue weighted by Crippen LogP contribution is 2.12. The van der Waals surface area contributed by atoms with Crippen LogP contribution in [-0.2, 0) is 28.5 Å². The van der Waals surface area contributed by atoms with Gasteiger partial charge < -0.3 is 28.6 Å². The van der Waals surface area contributed by atoms with Crippen LogP contribution >= 0.6 is 0 Å². The molecule has 1 unspecified atom stereocenters. The molecule has 0 heterocycles. The van der Waals surface area contributed by atoms with Crippen LogP contribution in [0.4, 0.5) is 4.79 Å². The van der Waals surface area contributed by atoms with E-state index in [0.29, 0.717) is 39.1 Å². The van der Waals surface area contributed by atoms with Crippen LogP contribution in [0, 0.1) is 6.92 Å². The number of nitrogens with zero attached hydrogens (tertiary/aromatic N) is 1. The van der Waals surface area contributed by atoms with Gasteiger partial charge in [0.15, 0.2) is 6.29 Å². The molecule has 1 radical (unpaired) electrons. The third kappa shape index (κ3) is 26.0. The summed E-state index contributed by atoms with van der Waals surface area (Å²) in [5, 5.41) is 0. The second kappa shape index (κ2) is 30.1. The van der Waals surface area contributed by atoms with E-state index in [2.05, 4.69) is 39.5 Å². The molecule has 0 saturated carbocycles. The van der Waals surface area contributed by atoms with Crippen molar-refractivity contribution in [3.63, 3.8) is 0 Å². The van der Waals surface area contributed by atoms with Crippen LogP contribution in [0.5, 0.6) is 0 Å². The summed E-state index contributed by atoms with van der Waals surface area (Å²) in [7, 11) is 0. The van der Waals surface area contributed by atoms with E-state index in [4.69, 9.17) is 23.7 Å². The van der Waals surface area contributed by atoms with Crippen LogP contribution in [0.15, 0.2) is 0 Å². The van der Waals surface area contributed by atoms with E-state index in [9.17, 15) is 9.59 Å². The topological polar surface area (TPSA) is 83.5 Å². The Bertz CT molecular complexity index is 568. The van der Waals surface area contributed by atoms with Gasteiger partial charge in [0.2, 0.25) is 0 Å². The predicted octanol–water partition coefficient (Wildman–Crippen LogP) is 8.26. The summed E-state index contributed by atoms with van der Waals surface area (Å²) in [5.74, 6) is -0.303. The van der Waals surface area contributed by atoms with Crippen molar-refractivity contribution in [2.45, 2.75) is 149 Å². The molecule has 243 valence electrons. The quantitative estimate of drug-likeness (QED) is 0.0472. The summed E-state index contributed by atoms with van der Waals surface area (Å²) in [5.41, 5.74) is 0. The Balaban J connectivity index is 4.28. The summed E-state index contributed by atoms with van der Waals surface area (Å²) >= 11 is 0. The zero-order chi connectivity index (χ0) is 30.4. The molecule has 0 saturated heterocycles. The van der Waals surface area contributed by atoms with Crippen molar-refractivity contribution >= 4 is 12.1 Å². The van der Waals surface area contributed by atoms with E-state index < -0.39 is 12.3 Å². The molecular weight excluding hydrogens is 522 g/mol. The normalized spacial score (nSPS) is 12.2. The minimum Gasteiger partial charge on any atom is -0.466 e. The summed E-state index contributed by atoms with van der Waals surface area (Å²) in [6.45, 7) is 17.1. The van der Waals surface area contributed by atoms with Crippen LogP contribution in [-0.4, -0.2) is 75.5 Å². The van der Waals surface area contributed by atoms with Gasteiger partial charge in [0.25, 0.3) is 0 Å². The lowest BCUT2D eigenvalue weighted by Gasteiger charge is -2.19. The highest BCUT2D eigenvalue weighted by atomic mass is 16.7. The molecule has 0 aromatic carbocycles. The van der Waals surface area contributed by atoms with Crippen molar-refractivity contribution in [2.24, 2.45) is 0 Å². The Labute approximate surface area is 252 Å². The van der Waals surface area contributed by atoms with E-state index in [1.807, 2.05) is 0 Å². The van der Waals surface area contributed by atoms with Crippen LogP contribution in [0.25, 0.3) is 0 Å². The van der Waals surface area contributed by atoms with Gasteiger partial charge in [0.1, 0.15) is 6.10 Å². The number of unbranched alkanes of at least 4 members (excludes halogenated alkanes) is 10. The van der Waals surface area contributed by atoms with Gasteiger partial charge in [-0.3, -0.25) is 4.79 Å². The highest BCUT2D eigenvalue weighted by molar-refractivity contribution is 5.69. The SMILES string of the molecule is [CH2]CC(CCOC(=O)CCC(OCCCCCCCC)OCCCCCCCC)OC(=O)OCCCN(CC)CC. The fourth-order valence-corrected chi connectivity index (χ4v) is 4.44. The zero-order valence-electron chi connectivity index (χ0n) is 27.1. The van der Waals surface area contributed by atoms with Crippen LogP contribution in [0.2, 0.25) is 0 Å². The standard InChI is InChI=1S/C33H64NO7/c1-6-11-13-15-17-19-26-38-32(39-27-20-18-16-14-12-7-2)23-22-31(35)37-29-24-30(8-3)41-33(36)40-28-21-25-34(9-4)10-5/h30,32H,3,6-29H2,1-2,4-5H3. The molecule has 0 aliphatic rings. The lowest BCUT2D eigenvalue weighted by molar-refractivity contribution is -0.159. The summed E-state index contributed by atoms with van der Waals surface area (Å²) in [4.78, 5) is 26.7. The second-order valence-corrected chi connectivity index (χ2v) is 10.8. The average molecular weight is 587 g/mol. The molecule has 0 bridgehead atoms. The third-order valence-corrected chi connectivity index (χ3v) is 7.21. The maximum atomic E-state index is 12.4. The van der Waals surface area contributed by atoms with Gasteiger partial charge in [0, 0.05) is 32.6 Å². The van der Waals surface area contributed by atoms with Gasteiger partial charge in [-0.1, -0.05) is 91.9 Å². The molecule has 0 aromatic rings. The first-order valence-corrected chi connectivity index (χ1v) is 16.7. The molecule has 0 spiro atoms. The molecule has 0 aliphatic carbocycles. The average Bonchev–Trinajstić information content (AvgIpc) is 2.98. The monoisotopic (exact) mass is 586 g/mol. The Morgan fingerprint density at radius 1 is 0.659 bits per heavy atom. The molecule has 0 aliphatic heterocycles. The van der Waals surface area contributed by atoms with Crippen molar-refractivity contribution in [1.82, 2.24) is 4.90 Å². The molecular formula is C33H64NO7. The Hall–Kier alpha value is -1.38. The molecule has 0 rings (SSSR count). The van der Waals surface area contributed by atoms with Crippen molar-refractivity contribution < 1.29 is 33.3 Å². The van der Waals surface area contributed by atoms with E-state index in [1.165, 1.54) is 51.4 Å². The van der Waals surface area contributed by atoms with Gasteiger partial charge in [0.05, 0.1) is 19.6 Å². The molecule has 41 heavy (non-hydrogen) atoms. The number of rotatable bonds is 30. The molecule has 0 fully saturated rings. The first-order valence-electron chi connectivity index (χ1n) is 16.7. The van der Waals surface area contributed by atoms with E-state index >= 15 is 0 Å². The Morgan fingerprint density at radius 3 is 1.76 bits per heavy atom. The molecule has 0 N–H and O–H groups in total. The van der Waals surface area contributed by atoms with Crippen molar-refractivity contribution in [3.05, 3.63) is 6.92 Å². The smallest absolute Gasteiger partial charge is 0.466 e. The second-order valence-electron chi connectivity index (χ2n) is 10.8. The fourth-order valence-electron chi connectivity index (χ4n) is 4.44. The lowest BCUT2D eigenvalue weighted by atomic mass is 10.1. The minimum atomic E-state index is -0.697. The first-order chi connectivity index (χ1) is 20.0. The minimum absolute atomic E-state index is 0.163. The largest absolute Gasteiger partial charge is 0.508 e. The molecule has 0 aromatic heterocycles. The maximum Gasteiger partial charge on any atom is 0.508 e. The third-order valence-electron chi connectivity index (χ3n) is 7.21. The molecule has 1 atom stereocenters. The Kier molecular flexibility index (Phi) is 29.1. The number of ether oxygens (including phenoxy) is 5. The molecule has 8 heteroatoms. The van der Waals surface area contributed by atoms with E-state index in [0.717, 1.165) is 51.7 Å².